The number of amides is 1. The Morgan fingerprint density at radius 2 is 1.71 bits per heavy atom. The third-order valence-corrected chi connectivity index (χ3v) is 5.14. The van der Waals surface area contributed by atoms with Crippen molar-refractivity contribution in [3.63, 3.8) is 0 Å². The molecule has 0 fully saturated rings. The minimum atomic E-state index is -0.526. The van der Waals surface area contributed by atoms with Crippen molar-refractivity contribution in [3.8, 4) is 17.2 Å². The Morgan fingerprint density at radius 3 is 2.40 bits per heavy atom. The van der Waals surface area contributed by atoms with Crippen molar-refractivity contribution in [2.75, 3.05) is 13.2 Å². The zero-order chi connectivity index (χ0) is 25.2. The van der Waals surface area contributed by atoms with Gasteiger partial charge in [0, 0.05) is 5.02 Å². The quantitative estimate of drug-likeness (QED) is 0.151. The maximum atomic E-state index is 12.6. The Morgan fingerprint density at radius 1 is 0.943 bits per heavy atom. The summed E-state index contributed by atoms with van der Waals surface area (Å²) >= 11 is 11.9. The number of esters is 1. The van der Waals surface area contributed by atoms with Crippen molar-refractivity contribution in [1.29, 1.82) is 0 Å². The number of ether oxygens (including phenoxy) is 3. The van der Waals surface area contributed by atoms with Crippen LogP contribution in [0.2, 0.25) is 10.0 Å². The summed E-state index contributed by atoms with van der Waals surface area (Å²) in [6.07, 6.45) is 2.33. The lowest BCUT2D eigenvalue weighted by atomic mass is 10.2. The monoisotopic (exact) mass is 514 g/mol. The number of halogens is 2. The molecule has 0 atom stereocenters. The highest BCUT2D eigenvalue weighted by Gasteiger charge is 2.14. The fourth-order valence-corrected chi connectivity index (χ4v) is 3.42. The van der Waals surface area contributed by atoms with Crippen molar-refractivity contribution in [3.05, 3.63) is 87.4 Å². The molecule has 0 bridgehead atoms. The number of nitrogens with one attached hydrogen (secondary N) is 1. The number of hydrazone groups is 1. The van der Waals surface area contributed by atoms with Crippen molar-refractivity contribution in [2.45, 2.75) is 20.3 Å². The third-order valence-electron chi connectivity index (χ3n) is 4.59. The van der Waals surface area contributed by atoms with Gasteiger partial charge in [0.25, 0.3) is 5.91 Å². The molecule has 3 aromatic carbocycles. The molecule has 0 aliphatic carbocycles. The van der Waals surface area contributed by atoms with Crippen LogP contribution < -0.4 is 19.6 Å². The van der Waals surface area contributed by atoms with Crippen LogP contribution in [0.1, 0.15) is 46.5 Å². The summed E-state index contributed by atoms with van der Waals surface area (Å²) < 4.78 is 16.7. The van der Waals surface area contributed by atoms with Gasteiger partial charge in [0.1, 0.15) is 5.75 Å². The van der Waals surface area contributed by atoms with Gasteiger partial charge < -0.3 is 14.2 Å². The smallest absolute Gasteiger partial charge is 0.343 e. The molecule has 3 aromatic rings. The van der Waals surface area contributed by atoms with Crippen LogP contribution in [0.4, 0.5) is 0 Å². The lowest BCUT2D eigenvalue weighted by Crippen LogP contribution is -2.18. The van der Waals surface area contributed by atoms with Crippen LogP contribution in [0.15, 0.2) is 65.8 Å². The Bertz CT molecular complexity index is 1210. The van der Waals surface area contributed by atoms with E-state index in [1.165, 1.54) is 18.3 Å². The average molecular weight is 515 g/mol. The van der Waals surface area contributed by atoms with Gasteiger partial charge in [-0.05, 0) is 79.6 Å². The Kier molecular flexibility index (Phi) is 9.52. The van der Waals surface area contributed by atoms with Gasteiger partial charge in [-0.15, -0.1) is 0 Å². The number of rotatable bonds is 10. The number of benzene rings is 3. The second-order valence-electron chi connectivity index (χ2n) is 7.22. The summed E-state index contributed by atoms with van der Waals surface area (Å²) in [6.45, 7) is 4.81. The molecule has 0 aliphatic rings. The van der Waals surface area contributed by atoms with Crippen molar-refractivity contribution in [2.24, 2.45) is 5.10 Å². The molecule has 1 amide bonds. The molecule has 0 unspecified atom stereocenters. The van der Waals surface area contributed by atoms with E-state index in [0.717, 1.165) is 6.42 Å². The molecule has 9 heteroatoms. The first kappa shape index (κ1) is 26.1. The number of nitrogens with zero attached hydrogens (tertiary/aromatic N) is 1. The Labute approximate surface area is 213 Å². The van der Waals surface area contributed by atoms with Crippen LogP contribution in [0.5, 0.6) is 17.2 Å². The summed E-state index contributed by atoms with van der Waals surface area (Å²) in [6, 6.07) is 16.2. The number of carbonyl (C=O) groups excluding carboxylic acids is 2. The van der Waals surface area contributed by atoms with E-state index in [9.17, 15) is 9.59 Å². The first-order valence-corrected chi connectivity index (χ1v) is 11.7. The van der Waals surface area contributed by atoms with Crippen LogP contribution in [0.25, 0.3) is 0 Å². The summed E-state index contributed by atoms with van der Waals surface area (Å²) in [5, 5.41) is 4.61. The molecule has 1 N–H and O–H groups in total. The topological polar surface area (TPSA) is 86.2 Å². The van der Waals surface area contributed by atoms with Gasteiger partial charge in [0.05, 0.1) is 35.6 Å². The molecule has 0 spiro atoms. The fourth-order valence-electron chi connectivity index (χ4n) is 2.92. The molecule has 0 saturated carbocycles. The predicted octanol–water partition coefficient (Wildman–Crippen LogP) is 6.16. The van der Waals surface area contributed by atoms with Crippen molar-refractivity contribution < 1.29 is 23.8 Å². The molecule has 182 valence electrons. The highest BCUT2D eigenvalue weighted by molar-refractivity contribution is 6.36. The molecule has 0 aliphatic heterocycles. The number of hydrogen-bond acceptors (Lipinski definition) is 6. The predicted molar refractivity (Wildman–Crippen MR) is 136 cm³/mol. The standard InChI is InChI=1S/C26H24Cl2N2O5/c1-3-13-34-20-9-6-18(7-10-20)26(32)35-23-12-5-17(14-24(23)33-4-2)16-29-30-25(31)21-11-8-19(27)15-22(21)28/h5-12,14-16H,3-4,13H2,1-2H3,(H,30,31). The van der Waals surface area contributed by atoms with Crippen molar-refractivity contribution in [1.82, 2.24) is 5.43 Å². The number of carbonyl (C=O) groups is 2. The summed E-state index contributed by atoms with van der Waals surface area (Å²) in [5.41, 5.74) is 3.66. The molecule has 0 radical (unpaired) electrons. The third kappa shape index (κ3) is 7.47. The van der Waals surface area contributed by atoms with Crippen LogP contribution >= 0.6 is 23.2 Å². The van der Waals surface area contributed by atoms with E-state index in [1.54, 1.807) is 48.5 Å². The highest BCUT2D eigenvalue weighted by Crippen LogP contribution is 2.29. The first-order chi connectivity index (χ1) is 16.9. The van der Waals surface area contributed by atoms with Gasteiger partial charge in [0.2, 0.25) is 0 Å². The fraction of sp³-hybridized carbons (Fsp3) is 0.192. The van der Waals surface area contributed by atoms with E-state index in [2.05, 4.69) is 10.5 Å². The van der Waals surface area contributed by atoms with Gasteiger partial charge in [-0.2, -0.15) is 5.10 Å². The van der Waals surface area contributed by atoms with E-state index >= 15 is 0 Å². The molecule has 0 heterocycles. The van der Waals surface area contributed by atoms with Crippen LogP contribution in [0, 0.1) is 0 Å². The average Bonchev–Trinajstić information content (AvgIpc) is 2.84. The van der Waals surface area contributed by atoms with Gasteiger partial charge in [0.15, 0.2) is 11.5 Å². The lowest BCUT2D eigenvalue weighted by Gasteiger charge is -2.12. The Hall–Kier alpha value is -3.55. The molecule has 35 heavy (non-hydrogen) atoms. The first-order valence-electron chi connectivity index (χ1n) is 10.9. The minimum Gasteiger partial charge on any atom is -0.494 e. The van der Waals surface area contributed by atoms with Gasteiger partial charge in [-0.25, -0.2) is 10.2 Å². The number of hydrogen-bond donors (Lipinski definition) is 1. The largest absolute Gasteiger partial charge is 0.494 e. The van der Waals surface area contributed by atoms with Crippen molar-refractivity contribution >= 4 is 41.3 Å². The second kappa shape index (κ2) is 12.8. The zero-order valence-corrected chi connectivity index (χ0v) is 20.7. The van der Waals surface area contributed by atoms with E-state index in [-0.39, 0.29) is 16.3 Å². The molecular formula is C26H24Cl2N2O5. The van der Waals surface area contributed by atoms with Gasteiger partial charge in [-0.1, -0.05) is 30.1 Å². The summed E-state index contributed by atoms with van der Waals surface area (Å²) in [4.78, 5) is 24.9. The SMILES string of the molecule is CCCOc1ccc(C(=O)Oc2ccc(C=NNC(=O)c3ccc(Cl)cc3Cl)cc2OCC)cc1. The zero-order valence-electron chi connectivity index (χ0n) is 19.2. The van der Waals surface area contributed by atoms with Crippen LogP contribution in [-0.2, 0) is 0 Å². The molecule has 7 nitrogen and oxygen atoms in total. The normalized spacial score (nSPS) is 10.7. The minimum absolute atomic E-state index is 0.220. The van der Waals surface area contributed by atoms with Gasteiger partial charge in [-0.3, -0.25) is 4.79 Å². The molecule has 0 saturated heterocycles. The van der Waals surface area contributed by atoms with E-state index in [1.807, 2.05) is 13.8 Å². The van der Waals surface area contributed by atoms with E-state index in [4.69, 9.17) is 37.4 Å². The summed E-state index contributed by atoms with van der Waals surface area (Å²) in [5.74, 6) is 0.302. The second-order valence-corrected chi connectivity index (χ2v) is 8.07. The van der Waals surface area contributed by atoms with E-state index < -0.39 is 11.9 Å². The molecule has 3 rings (SSSR count). The Balaban J connectivity index is 1.67. The van der Waals surface area contributed by atoms with E-state index in [0.29, 0.717) is 40.9 Å². The maximum Gasteiger partial charge on any atom is 0.343 e. The lowest BCUT2D eigenvalue weighted by molar-refractivity contribution is 0.0728. The summed E-state index contributed by atoms with van der Waals surface area (Å²) in [7, 11) is 0. The maximum absolute atomic E-state index is 12.6. The molecule has 0 aromatic heterocycles. The van der Waals surface area contributed by atoms with Gasteiger partial charge >= 0.3 is 5.97 Å². The van der Waals surface area contributed by atoms with Crippen LogP contribution in [0.3, 0.4) is 0 Å². The molecular weight excluding hydrogens is 491 g/mol. The highest BCUT2D eigenvalue weighted by atomic mass is 35.5. The van der Waals surface area contributed by atoms with Crippen LogP contribution in [-0.4, -0.2) is 31.3 Å².